The van der Waals surface area contributed by atoms with E-state index in [4.69, 9.17) is 0 Å². The van der Waals surface area contributed by atoms with Crippen LogP contribution in [0.15, 0.2) is 11.4 Å². The van der Waals surface area contributed by atoms with Crippen LogP contribution in [-0.4, -0.2) is 4.83 Å². The van der Waals surface area contributed by atoms with E-state index in [0.29, 0.717) is 4.83 Å². The Kier molecular flexibility index (Phi) is 4.47. The first-order valence-electron chi connectivity index (χ1n) is 4.78. The molecule has 1 rings (SSSR count). The van der Waals surface area contributed by atoms with Crippen molar-refractivity contribution in [2.75, 3.05) is 0 Å². The van der Waals surface area contributed by atoms with Crippen LogP contribution in [0.25, 0.3) is 0 Å². The summed E-state index contributed by atoms with van der Waals surface area (Å²) in [5.41, 5.74) is 1.45. The summed E-state index contributed by atoms with van der Waals surface area (Å²) in [6.07, 6.45) is 2.47. The van der Waals surface area contributed by atoms with Gasteiger partial charge in [0.1, 0.15) is 0 Å². The lowest BCUT2D eigenvalue weighted by molar-refractivity contribution is 0.583. The predicted molar refractivity (Wildman–Crippen MR) is 64.9 cm³/mol. The summed E-state index contributed by atoms with van der Waals surface area (Å²) in [6, 6.07) is 2.21. The number of hydrogen-bond acceptors (Lipinski definition) is 1. The molecular weight excluding hydrogens is 244 g/mol. The molecule has 0 amide bonds. The Morgan fingerprint density at radius 1 is 1.46 bits per heavy atom. The third kappa shape index (κ3) is 3.43. The highest BCUT2D eigenvalue weighted by Gasteiger charge is 2.09. The molecule has 0 saturated carbocycles. The van der Waals surface area contributed by atoms with Crippen LogP contribution in [0.5, 0.6) is 0 Å². The maximum atomic E-state index is 3.72. The molecule has 0 aromatic carbocycles. The molecule has 0 spiro atoms. The van der Waals surface area contributed by atoms with E-state index < -0.39 is 0 Å². The summed E-state index contributed by atoms with van der Waals surface area (Å²) in [5.74, 6) is 0.736. The molecule has 1 atom stereocenters. The maximum Gasteiger partial charge on any atom is 0.0172 e. The minimum Gasteiger partial charge on any atom is -0.149 e. The highest BCUT2D eigenvalue weighted by atomic mass is 79.9. The first kappa shape index (κ1) is 11.3. The zero-order valence-electron chi connectivity index (χ0n) is 8.51. The summed E-state index contributed by atoms with van der Waals surface area (Å²) in [4.78, 5) is 2.21. The van der Waals surface area contributed by atoms with Crippen molar-refractivity contribution in [3.8, 4) is 0 Å². The number of rotatable bonds is 4. The normalized spacial score (nSPS) is 13.6. The van der Waals surface area contributed by atoms with Crippen molar-refractivity contribution < 1.29 is 0 Å². The second-order valence-electron chi connectivity index (χ2n) is 3.83. The third-order valence-electron chi connectivity index (χ3n) is 2.34. The molecule has 74 valence electrons. The van der Waals surface area contributed by atoms with E-state index in [-0.39, 0.29) is 0 Å². The number of alkyl halides is 1. The smallest absolute Gasteiger partial charge is 0.0172 e. The molecule has 1 aromatic rings. The van der Waals surface area contributed by atoms with Gasteiger partial charge < -0.3 is 0 Å². The monoisotopic (exact) mass is 260 g/mol. The molecule has 1 aromatic heterocycles. The summed E-state index contributed by atoms with van der Waals surface area (Å²) < 4.78 is 0. The summed E-state index contributed by atoms with van der Waals surface area (Å²) >= 11 is 5.60. The zero-order valence-corrected chi connectivity index (χ0v) is 10.9. The fraction of sp³-hybridized carbons (Fsp3) is 0.636. The van der Waals surface area contributed by atoms with Gasteiger partial charge in [0.05, 0.1) is 0 Å². The first-order valence-corrected chi connectivity index (χ1v) is 6.58. The van der Waals surface area contributed by atoms with Gasteiger partial charge in [-0.05, 0) is 42.7 Å². The molecule has 0 N–H and O–H groups in total. The van der Waals surface area contributed by atoms with Gasteiger partial charge in [-0.2, -0.15) is 0 Å². The van der Waals surface area contributed by atoms with E-state index in [1.165, 1.54) is 18.4 Å². The molecule has 0 saturated heterocycles. The second-order valence-corrected chi connectivity index (χ2v) is 6.00. The van der Waals surface area contributed by atoms with Gasteiger partial charge in [0.25, 0.3) is 0 Å². The fourth-order valence-corrected chi connectivity index (χ4v) is 2.42. The van der Waals surface area contributed by atoms with Crippen molar-refractivity contribution in [1.82, 2.24) is 0 Å². The van der Waals surface area contributed by atoms with Crippen LogP contribution in [0.2, 0.25) is 0 Å². The van der Waals surface area contributed by atoms with Crippen LogP contribution < -0.4 is 0 Å². The van der Waals surface area contributed by atoms with Crippen LogP contribution in [-0.2, 0) is 6.42 Å². The van der Waals surface area contributed by atoms with Gasteiger partial charge in [0.15, 0.2) is 0 Å². The number of halogens is 1. The van der Waals surface area contributed by atoms with Crippen molar-refractivity contribution in [2.45, 2.75) is 38.4 Å². The molecule has 0 aliphatic carbocycles. The van der Waals surface area contributed by atoms with Gasteiger partial charge >= 0.3 is 0 Å². The highest BCUT2D eigenvalue weighted by molar-refractivity contribution is 9.09. The number of aryl methyl sites for hydroxylation is 2. The lowest BCUT2D eigenvalue weighted by atomic mass is 10.0. The van der Waals surface area contributed by atoms with Crippen molar-refractivity contribution in [1.29, 1.82) is 0 Å². The molecule has 1 unspecified atom stereocenters. The molecule has 13 heavy (non-hydrogen) atoms. The molecule has 2 heteroatoms. The molecule has 0 radical (unpaired) electrons. The molecule has 0 bridgehead atoms. The Morgan fingerprint density at radius 2 is 2.15 bits per heavy atom. The van der Waals surface area contributed by atoms with Crippen molar-refractivity contribution >= 4 is 27.3 Å². The van der Waals surface area contributed by atoms with Crippen molar-refractivity contribution in [2.24, 2.45) is 5.92 Å². The topological polar surface area (TPSA) is 0 Å². The van der Waals surface area contributed by atoms with Crippen LogP contribution in [0.3, 0.4) is 0 Å². The third-order valence-corrected chi connectivity index (χ3v) is 4.94. The summed E-state index contributed by atoms with van der Waals surface area (Å²) in [7, 11) is 0. The standard InChI is InChI=1S/C11H17BrS/c1-8(2)10(12)4-5-11-9(3)6-7-13-11/h6-8,10H,4-5H2,1-3H3. The van der Waals surface area contributed by atoms with Gasteiger partial charge in [-0.1, -0.05) is 29.8 Å². The fourth-order valence-electron chi connectivity index (χ4n) is 1.26. The molecule has 1 heterocycles. The quantitative estimate of drug-likeness (QED) is 0.704. The van der Waals surface area contributed by atoms with Gasteiger partial charge in [0, 0.05) is 9.70 Å². The SMILES string of the molecule is Cc1ccsc1CCC(Br)C(C)C. The van der Waals surface area contributed by atoms with Gasteiger partial charge in [-0.25, -0.2) is 0 Å². The van der Waals surface area contributed by atoms with Crippen LogP contribution in [0.4, 0.5) is 0 Å². The predicted octanol–water partition coefficient (Wildman–Crippen LogP) is 4.41. The van der Waals surface area contributed by atoms with Gasteiger partial charge in [-0.15, -0.1) is 11.3 Å². The van der Waals surface area contributed by atoms with E-state index >= 15 is 0 Å². The van der Waals surface area contributed by atoms with Crippen molar-refractivity contribution in [3.05, 3.63) is 21.9 Å². The van der Waals surface area contributed by atoms with Gasteiger partial charge in [0.2, 0.25) is 0 Å². The van der Waals surface area contributed by atoms with E-state index in [1.807, 2.05) is 11.3 Å². The number of hydrogen-bond donors (Lipinski definition) is 0. The molecule has 0 fully saturated rings. The highest BCUT2D eigenvalue weighted by Crippen LogP contribution is 2.22. The minimum absolute atomic E-state index is 0.661. The molecule has 0 nitrogen and oxygen atoms in total. The van der Waals surface area contributed by atoms with E-state index in [0.717, 1.165) is 5.92 Å². The summed E-state index contributed by atoms with van der Waals surface area (Å²) in [5, 5.41) is 2.18. The Balaban J connectivity index is 2.39. The Morgan fingerprint density at radius 3 is 2.62 bits per heavy atom. The summed E-state index contributed by atoms with van der Waals surface area (Å²) in [6.45, 7) is 6.73. The van der Waals surface area contributed by atoms with Gasteiger partial charge in [-0.3, -0.25) is 0 Å². The van der Waals surface area contributed by atoms with E-state index in [2.05, 4.69) is 48.1 Å². The van der Waals surface area contributed by atoms with E-state index in [9.17, 15) is 0 Å². The molecule has 0 aliphatic rings. The minimum atomic E-state index is 0.661. The average Bonchev–Trinajstić information content (AvgIpc) is 2.47. The largest absolute Gasteiger partial charge is 0.149 e. The Hall–Kier alpha value is 0.180. The Bertz CT molecular complexity index is 252. The van der Waals surface area contributed by atoms with E-state index in [1.54, 1.807) is 4.88 Å². The zero-order chi connectivity index (χ0) is 9.84. The Labute approximate surface area is 93.5 Å². The van der Waals surface area contributed by atoms with Crippen LogP contribution in [0.1, 0.15) is 30.7 Å². The van der Waals surface area contributed by atoms with Crippen LogP contribution in [0, 0.1) is 12.8 Å². The lowest BCUT2D eigenvalue weighted by Gasteiger charge is -2.12. The molecular formula is C11H17BrS. The average molecular weight is 261 g/mol. The number of thiophene rings is 1. The lowest BCUT2D eigenvalue weighted by Crippen LogP contribution is -2.07. The maximum absolute atomic E-state index is 3.72. The molecule has 0 aliphatic heterocycles. The van der Waals surface area contributed by atoms with Crippen LogP contribution >= 0.6 is 27.3 Å². The second kappa shape index (κ2) is 5.16. The first-order chi connectivity index (χ1) is 6.11. The van der Waals surface area contributed by atoms with Crippen molar-refractivity contribution in [3.63, 3.8) is 0 Å².